The van der Waals surface area contributed by atoms with Crippen LogP contribution >= 0.6 is 0 Å². The van der Waals surface area contributed by atoms with Gasteiger partial charge in [0.25, 0.3) is 15.9 Å². The van der Waals surface area contributed by atoms with Crippen LogP contribution in [0.5, 0.6) is 0 Å². The first-order valence-corrected chi connectivity index (χ1v) is 13.8. The van der Waals surface area contributed by atoms with Crippen LogP contribution in [-0.2, 0) is 22.9 Å². The lowest BCUT2D eigenvalue weighted by atomic mass is 9.94. The Balaban J connectivity index is 1.42. The van der Waals surface area contributed by atoms with Crippen molar-refractivity contribution >= 4 is 59.8 Å². The van der Waals surface area contributed by atoms with Crippen LogP contribution in [0, 0.1) is 0 Å². The lowest BCUT2D eigenvalue weighted by Gasteiger charge is -2.16. The molecule has 2 heterocycles. The van der Waals surface area contributed by atoms with E-state index in [9.17, 15) is 13.2 Å². The van der Waals surface area contributed by atoms with Crippen LogP contribution in [0.3, 0.4) is 0 Å². The maximum absolute atomic E-state index is 13.9. The number of furan rings is 1. The van der Waals surface area contributed by atoms with E-state index < -0.39 is 10.0 Å². The molecule has 180 valence electrons. The van der Waals surface area contributed by atoms with Crippen LogP contribution in [0.4, 0.5) is 11.4 Å². The maximum Gasteiger partial charge on any atom is 0.262 e. The van der Waals surface area contributed by atoms with Gasteiger partial charge in [-0.3, -0.25) is 9.52 Å². The second-order valence-electron chi connectivity index (χ2n) is 9.52. The summed E-state index contributed by atoms with van der Waals surface area (Å²) in [6.45, 7) is 2.44. The molecule has 6 nitrogen and oxygen atoms in total. The van der Waals surface area contributed by atoms with Gasteiger partial charge in [0.05, 0.1) is 16.3 Å². The number of carbonyl (C=O) groups excluding carboxylic acids is 1. The van der Waals surface area contributed by atoms with Crippen molar-refractivity contribution in [3.63, 3.8) is 0 Å². The van der Waals surface area contributed by atoms with Crippen LogP contribution in [0.2, 0.25) is 0 Å². The first kappa shape index (κ1) is 21.4. The third-order valence-electron chi connectivity index (χ3n) is 7.56. The third kappa shape index (κ3) is 2.89. The second kappa shape index (κ2) is 7.58. The lowest BCUT2D eigenvalue weighted by Crippen LogP contribution is -2.25. The molecule has 5 aromatic rings. The smallest absolute Gasteiger partial charge is 0.262 e. The van der Waals surface area contributed by atoms with E-state index in [2.05, 4.69) is 4.72 Å². The third-order valence-corrected chi connectivity index (χ3v) is 8.98. The molecule has 7 heteroatoms. The zero-order valence-electron chi connectivity index (χ0n) is 19.8. The van der Waals surface area contributed by atoms with Crippen molar-refractivity contribution in [2.75, 3.05) is 16.2 Å². The maximum atomic E-state index is 13.9. The fourth-order valence-corrected chi connectivity index (χ4v) is 7.21. The van der Waals surface area contributed by atoms with Crippen molar-refractivity contribution < 1.29 is 17.6 Å². The highest BCUT2D eigenvalue weighted by Gasteiger charge is 2.31. The number of anilines is 2. The van der Waals surface area contributed by atoms with Crippen molar-refractivity contribution in [3.8, 4) is 0 Å². The van der Waals surface area contributed by atoms with Gasteiger partial charge < -0.3 is 9.32 Å². The van der Waals surface area contributed by atoms with Gasteiger partial charge in [-0.05, 0) is 50.5 Å². The van der Waals surface area contributed by atoms with Gasteiger partial charge in [-0.2, -0.15) is 0 Å². The number of hydrogen-bond donors (Lipinski definition) is 1. The van der Waals surface area contributed by atoms with E-state index in [0.717, 1.165) is 58.9 Å². The Labute approximate surface area is 208 Å². The van der Waals surface area contributed by atoms with Gasteiger partial charge in [0.2, 0.25) is 0 Å². The van der Waals surface area contributed by atoms with Crippen LogP contribution in [-0.4, -0.2) is 20.9 Å². The fraction of sp³-hybridized carbons (Fsp3) is 0.207. The molecule has 0 unspecified atom stereocenters. The molecule has 1 N–H and O–H groups in total. The summed E-state index contributed by atoms with van der Waals surface area (Å²) in [6, 6.07) is 18.3. The number of sulfonamides is 1. The van der Waals surface area contributed by atoms with E-state index >= 15 is 0 Å². The quantitative estimate of drug-likeness (QED) is 0.312. The molecule has 0 bridgehead atoms. The van der Waals surface area contributed by atoms with Gasteiger partial charge in [-0.15, -0.1) is 0 Å². The van der Waals surface area contributed by atoms with E-state index in [1.807, 2.05) is 37.3 Å². The van der Waals surface area contributed by atoms with E-state index in [0.29, 0.717) is 28.6 Å². The molecule has 4 aromatic carbocycles. The molecule has 36 heavy (non-hydrogen) atoms. The molecule has 1 aliphatic heterocycles. The van der Waals surface area contributed by atoms with E-state index in [-0.39, 0.29) is 10.8 Å². The first-order chi connectivity index (χ1) is 17.5. The summed E-state index contributed by atoms with van der Waals surface area (Å²) in [6.07, 6.45) is 4.05. The SMILES string of the molecule is CCN1C(=O)c2cccc3c(S(=O)(=O)Nc4cc5c6c(oc5c5ccccc45)CCCC6)ccc1c23. The summed E-state index contributed by atoms with van der Waals surface area (Å²) in [5.41, 5.74) is 3.83. The van der Waals surface area contributed by atoms with Gasteiger partial charge in [0.1, 0.15) is 11.3 Å². The largest absolute Gasteiger partial charge is 0.460 e. The molecule has 0 radical (unpaired) electrons. The molecular formula is C29H24N2O4S. The molecule has 0 saturated heterocycles. The Morgan fingerprint density at radius 3 is 2.53 bits per heavy atom. The molecule has 7 rings (SSSR count). The van der Waals surface area contributed by atoms with Crippen LogP contribution in [0.1, 0.15) is 41.4 Å². The Bertz CT molecular complexity index is 1850. The van der Waals surface area contributed by atoms with Crippen molar-refractivity contribution in [3.05, 3.63) is 77.6 Å². The van der Waals surface area contributed by atoms with Crippen LogP contribution in [0.15, 0.2) is 70.0 Å². The number of carbonyl (C=O) groups is 1. The minimum Gasteiger partial charge on any atom is -0.460 e. The van der Waals surface area contributed by atoms with Crippen molar-refractivity contribution in [1.82, 2.24) is 0 Å². The lowest BCUT2D eigenvalue weighted by molar-refractivity contribution is 0.0994. The van der Waals surface area contributed by atoms with E-state index in [4.69, 9.17) is 4.42 Å². The summed E-state index contributed by atoms with van der Waals surface area (Å²) in [5, 5.41) is 3.90. The van der Waals surface area contributed by atoms with Gasteiger partial charge >= 0.3 is 0 Å². The number of hydrogen-bond acceptors (Lipinski definition) is 4. The molecule has 0 fully saturated rings. The summed E-state index contributed by atoms with van der Waals surface area (Å²) in [5.74, 6) is 0.917. The fourth-order valence-electron chi connectivity index (χ4n) is 5.93. The highest BCUT2D eigenvalue weighted by molar-refractivity contribution is 7.93. The number of nitrogens with zero attached hydrogens (tertiary/aromatic N) is 1. The number of fused-ring (bicyclic) bond motifs is 5. The van der Waals surface area contributed by atoms with Crippen LogP contribution in [0.25, 0.3) is 32.5 Å². The Morgan fingerprint density at radius 1 is 0.917 bits per heavy atom. The van der Waals surface area contributed by atoms with Gasteiger partial charge in [-0.25, -0.2) is 8.42 Å². The molecule has 0 spiro atoms. The minimum absolute atomic E-state index is 0.0956. The zero-order valence-corrected chi connectivity index (χ0v) is 20.6. The molecule has 2 aliphatic rings. The number of amides is 1. The summed E-state index contributed by atoms with van der Waals surface area (Å²) in [7, 11) is -3.96. The Hall–Kier alpha value is -3.84. The zero-order chi connectivity index (χ0) is 24.6. The molecular weight excluding hydrogens is 472 g/mol. The van der Waals surface area contributed by atoms with E-state index in [1.54, 1.807) is 35.2 Å². The number of benzene rings is 4. The summed E-state index contributed by atoms with van der Waals surface area (Å²) in [4.78, 5) is 14.7. The van der Waals surface area contributed by atoms with Gasteiger partial charge in [-0.1, -0.05) is 36.4 Å². The summed E-state index contributed by atoms with van der Waals surface area (Å²) >= 11 is 0. The number of nitrogens with one attached hydrogen (secondary N) is 1. The minimum atomic E-state index is -3.96. The highest BCUT2D eigenvalue weighted by Crippen LogP contribution is 2.42. The topological polar surface area (TPSA) is 79.6 Å². The average molecular weight is 497 g/mol. The summed E-state index contributed by atoms with van der Waals surface area (Å²) < 4.78 is 36.9. The Morgan fingerprint density at radius 2 is 1.69 bits per heavy atom. The molecule has 0 atom stereocenters. The normalized spacial score (nSPS) is 15.2. The molecule has 0 saturated carbocycles. The highest BCUT2D eigenvalue weighted by atomic mass is 32.2. The molecule has 1 aromatic heterocycles. The monoisotopic (exact) mass is 496 g/mol. The number of aryl methyl sites for hydroxylation is 2. The predicted octanol–water partition coefficient (Wildman–Crippen LogP) is 6.40. The van der Waals surface area contributed by atoms with Crippen molar-refractivity contribution in [2.24, 2.45) is 0 Å². The van der Waals surface area contributed by atoms with Crippen molar-refractivity contribution in [1.29, 1.82) is 0 Å². The molecule has 1 amide bonds. The van der Waals surface area contributed by atoms with Crippen LogP contribution < -0.4 is 9.62 Å². The molecule has 1 aliphatic carbocycles. The number of rotatable bonds is 4. The second-order valence-corrected chi connectivity index (χ2v) is 11.2. The predicted molar refractivity (Wildman–Crippen MR) is 142 cm³/mol. The van der Waals surface area contributed by atoms with Crippen molar-refractivity contribution in [2.45, 2.75) is 37.5 Å². The standard InChI is InChI=1S/C29H24N2O4S/c1-2-31-24-14-15-26(20-11-7-12-21(27(20)24)29(31)32)36(33,34)30-23-16-22-18-9-5-6-13-25(18)35-28(22)19-10-4-3-8-17(19)23/h3-4,7-8,10-12,14-16,30H,2,5-6,9,13H2,1H3. The van der Waals surface area contributed by atoms with E-state index in [1.165, 1.54) is 5.56 Å². The average Bonchev–Trinajstić information content (AvgIpc) is 3.40. The first-order valence-electron chi connectivity index (χ1n) is 12.3. The Kier molecular flexibility index (Phi) is 4.51. The van der Waals surface area contributed by atoms with Gasteiger partial charge in [0, 0.05) is 51.0 Å². The van der Waals surface area contributed by atoms with Gasteiger partial charge in [0.15, 0.2) is 0 Å².